The van der Waals surface area contributed by atoms with Crippen LogP contribution in [0.1, 0.15) is 20.3 Å². The van der Waals surface area contributed by atoms with Crippen LogP contribution in [0.5, 0.6) is 0 Å². The van der Waals surface area contributed by atoms with Gasteiger partial charge in [0.1, 0.15) is 5.82 Å². The summed E-state index contributed by atoms with van der Waals surface area (Å²) in [6, 6.07) is 11.2. The van der Waals surface area contributed by atoms with Gasteiger partial charge in [-0.05, 0) is 43.7 Å². The van der Waals surface area contributed by atoms with Gasteiger partial charge in [-0.15, -0.1) is 5.10 Å². The number of rotatable bonds is 8. The number of anilines is 3. The lowest BCUT2D eigenvalue weighted by atomic mass is 10.2. The lowest BCUT2D eigenvalue weighted by Crippen LogP contribution is -2.17. The van der Waals surface area contributed by atoms with Crippen LogP contribution in [0.4, 0.5) is 17.5 Å². The number of benzene rings is 1. The Bertz CT molecular complexity index is 897. The zero-order valence-corrected chi connectivity index (χ0v) is 16.1. The van der Waals surface area contributed by atoms with E-state index in [0.717, 1.165) is 23.6 Å². The molecule has 0 spiro atoms. The molecular formula is C19H23ClN6O. The van der Waals surface area contributed by atoms with Crippen LogP contribution in [0.2, 0.25) is 5.02 Å². The topological polar surface area (TPSA) is 87.9 Å². The Morgan fingerprint density at radius 3 is 2.81 bits per heavy atom. The molecule has 142 valence electrons. The number of nitrogens with zero attached hydrogens (tertiary/aromatic N) is 4. The molecule has 0 aliphatic rings. The van der Waals surface area contributed by atoms with E-state index in [2.05, 4.69) is 25.7 Å². The first-order valence-corrected chi connectivity index (χ1v) is 9.32. The third kappa shape index (κ3) is 4.96. The summed E-state index contributed by atoms with van der Waals surface area (Å²) in [6.07, 6.45) is 1.86. The Morgan fingerprint density at radius 2 is 2.07 bits per heavy atom. The number of hydrogen-bond acceptors (Lipinski definition) is 6. The average molecular weight is 387 g/mol. The number of halogens is 1. The van der Waals surface area contributed by atoms with Crippen LogP contribution in [0.3, 0.4) is 0 Å². The van der Waals surface area contributed by atoms with Gasteiger partial charge < -0.3 is 15.7 Å². The second-order valence-corrected chi connectivity index (χ2v) is 6.54. The molecule has 1 aromatic carbocycles. The van der Waals surface area contributed by atoms with Crippen LogP contribution in [0, 0.1) is 0 Å². The molecule has 2 aromatic heterocycles. The standard InChI is InChI=1S/C19H23ClN6O/c1-3-16(27)12-26-18(13-8-9-22-17(10-13)21-4-2)24-19(25-26)23-15-7-5-6-14(20)11-15/h5-11,16,27H,3-4,12H2,1-2H3,(H,21,22)(H,23,25). The Balaban J connectivity index is 1.95. The lowest BCUT2D eigenvalue weighted by Gasteiger charge is -2.10. The second-order valence-electron chi connectivity index (χ2n) is 6.10. The minimum Gasteiger partial charge on any atom is -0.391 e. The van der Waals surface area contributed by atoms with Crippen molar-refractivity contribution in [3.8, 4) is 11.4 Å². The number of nitrogens with one attached hydrogen (secondary N) is 2. The molecule has 3 rings (SSSR count). The Labute approximate surface area is 163 Å². The van der Waals surface area contributed by atoms with Crippen LogP contribution in [0.15, 0.2) is 42.6 Å². The van der Waals surface area contributed by atoms with Gasteiger partial charge in [-0.1, -0.05) is 24.6 Å². The quantitative estimate of drug-likeness (QED) is 0.543. The fourth-order valence-electron chi connectivity index (χ4n) is 2.61. The molecule has 0 aliphatic heterocycles. The molecule has 8 heteroatoms. The van der Waals surface area contributed by atoms with Gasteiger partial charge in [-0.25, -0.2) is 9.67 Å². The predicted octanol–water partition coefficient (Wildman–Crippen LogP) is 3.94. The number of aliphatic hydroxyl groups is 1. The normalized spacial score (nSPS) is 12.0. The van der Waals surface area contributed by atoms with Gasteiger partial charge in [0, 0.05) is 29.0 Å². The van der Waals surface area contributed by atoms with Crippen molar-refractivity contribution in [2.75, 3.05) is 17.2 Å². The summed E-state index contributed by atoms with van der Waals surface area (Å²) >= 11 is 6.05. The van der Waals surface area contributed by atoms with E-state index in [1.54, 1.807) is 23.0 Å². The second kappa shape index (κ2) is 8.83. The zero-order valence-electron chi connectivity index (χ0n) is 15.4. The highest BCUT2D eigenvalue weighted by Crippen LogP contribution is 2.24. The van der Waals surface area contributed by atoms with Crippen molar-refractivity contribution in [1.82, 2.24) is 19.7 Å². The molecule has 0 fully saturated rings. The van der Waals surface area contributed by atoms with Crippen molar-refractivity contribution in [3.05, 3.63) is 47.6 Å². The molecule has 0 radical (unpaired) electrons. The number of hydrogen-bond donors (Lipinski definition) is 3. The highest BCUT2D eigenvalue weighted by Gasteiger charge is 2.15. The monoisotopic (exact) mass is 386 g/mol. The largest absolute Gasteiger partial charge is 0.391 e. The van der Waals surface area contributed by atoms with E-state index in [0.29, 0.717) is 29.8 Å². The van der Waals surface area contributed by atoms with Crippen LogP contribution >= 0.6 is 11.6 Å². The zero-order chi connectivity index (χ0) is 19.2. The first-order chi connectivity index (χ1) is 13.1. The Morgan fingerprint density at radius 1 is 1.22 bits per heavy atom. The van der Waals surface area contributed by atoms with Crippen molar-refractivity contribution in [2.45, 2.75) is 32.9 Å². The molecule has 1 atom stereocenters. The summed E-state index contributed by atoms with van der Waals surface area (Å²) in [6.45, 7) is 5.08. The SMILES string of the molecule is CCNc1cc(-c2nc(Nc3cccc(Cl)c3)nn2CC(O)CC)ccn1. The molecule has 0 saturated carbocycles. The summed E-state index contributed by atoms with van der Waals surface area (Å²) in [4.78, 5) is 8.92. The highest BCUT2D eigenvalue weighted by atomic mass is 35.5. The molecule has 0 bridgehead atoms. The van der Waals surface area contributed by atoms with Crippen LogP contribution in [-0.4, -0.2) is 37.5 Å². The molecule has 0 saturated heterocycles. The minimum atomic E-state index is -0.500. The van der Waals surface area contributed by atoms with Gasteiger partial charge in [0.25, 0.3) is 0 Å². The summed E-state index contributed by atoms with van der Waals surface area (Å²) in [5, 5.41) is 21.6. The van der Waals surface area contributed by atoms with E-state index in [1.165, 1.54) is 0 Å². The van der Waals surface area contributed by atoms with Gasteiger partial charge in [-0.2, -0.15) is 4.98 Å². The smallest absolute Gasteiger partial charge is 0.247 e. The molecular weight excluding hydrogens is 364 g/mol. The van der Waals surface area contributed by atoms with E-state index < -0.39 is 6.10 Å². The van der Waals surface area contributed by atoms with Crippen LogP contribution in [0.25, 0.3) is 11.4 Å². The van der Waals surface area contributed by atoms with E-state index in [-0.39, 0.29) is 0 Å². The van der Waals surface area contributed by atoms with Gasteiger partial charge in [0.15, 0.2) is 5.82 Å². The van der Waals surface area contributed by atoms with Crippen molar-refractivity contribution in [3.63, 3.8) is 0 Å². The molecule has 27 heavy (non-hydrogen) atoms. The molecule has 7 nitrogen and oxygen atoms in total. The molecule has 2 heterocycles. The maximum absolute atomic E-state index is 10.1. The van der Waals surface area contributed by atoms with Crippen LogP contribution < -0.4 is 10.6 Å². The molecule has 1 unspecified atom stereocenters. The molecule has 3 aromatic rings. The fourth-order valence-corrected chi connectivity index (χ4v) is 2.80. The molecule has 0 amide bonds. The number of aromatic nitrogens is 4. The Hall–Kier alpha value is -2.64. The third-order valence-electron chi connectivity index (χ3n) is 3.98. The van der Waals surface area contributed by atoms with Gasteiger partial charge in [0.2, 0.25) is 5.95 Å². The molecule has 3 N–H and O–H groups in total. The number of aliphatic hydroxyl groups excluding tert-OH is 1. The van der Waals surface area contributed by atoms with Crippen LogP contribution in [-0.2, 0) is 6.54 Å². The summed E-state index contributed by atoms with van der Waals surface area (Å²) in [5.74, 6) is 1.87. The average Bonchev–Trinajstić information content (AvgIpc) is 3.04. The maximum atomic E-state index is 10.1. The third-order valence-corrected chi connectivity index (χ3v) is 4.22. The van der Waals surface area contributed by atoms with Crippen molar-refractivity contribution >= 4 is 29.1 Å². The van der Waals surface area contributed by atoms with E-state index in [1.807, 2.05) is 38.1 Å². The van der Waals surface area contributed by atoms with E-state index in [4.69, 9.17) is 11.6 Å². The van der Waals surface area contributed by atoms with Crippen molar-refractivity contribution in [2.24, 2.45) is 0 Å². The van der Waals surface area contributed by atoms with Gasteiger partial charge in [-0.3, -0.25) is 0 Å². The highest BCUT2D eigenvalue weighted by molar-refractivity contribution is 6.30. The first kappa shape index (κ1) is 19.1. The van der Waals surface area contributed by atoms with Gasteiger partial charge in [0.05, 0.1) is 12.6 Å². The first-order valence-electron chi connectivity index (χ1n) is 8.94. The van der Waals surface area contributed by atoms with E-state index >= 15 is 0 Å². The summed E-state index contributed by atoms with van der Waals surface area (Å²) in [7, 11) is 0. The fraction of sp³-hybridized carbons (Fsp3) is 0.316. The van der Waals surface area contributed by atoms with E-state index in [9.17, 15) is 5.11 Å². The Kier molecular flexibility index (Phi) is 6.26. The lowest BCUT2D eigenvalue weighted by molar-refractivity contribution is 0.146. The summed E-state index contributed by atoms with van der Waals surface area (Å²) < 4.78 is 1.71. The minimum absolute atomic E-state index is 0.356. The van der Waals surface area contributed by atoms with Gasteiger partial charge >= 0.3 is 0 Å². The van der Waals surface area contributed by atoms with Crippen molar-refractivity contribution in [1.29, 1.82) is 0 Å². The summed E-state index contributed by atoms with van der Waals surface area (Å²) in [5.41, 5.74) is 1.67. The predicted molar refractivity (Wildman–Crippen MR) is 108 cm³/mol. The molecule has 0 aliphatic carbocycles. The number of pyridine rings is 1. The van der Waals surface area contributed by atoms with Crippen molar-refractivity contribution < 1.29 is 5.11 Å². The maximum Gasteiger partial charge on any atom is 0.247 e.